The Morgan fingerprint density at radius 1 is 1.46 bits per heavy atom. The van der Waals surface area contributed by atoms with Crippen LogP contribution in [0.4, 0.5) is 0 Å². The first kappa shape index (κ1) is 12.6. The Labute approximate surface area is 81.1 Å². The third-order valence-electron chi connectivity index (χ3n) is 2.11. The van der Waals surface area contributed by atoms with Crippen LogP contribution in [0.15, 0.2) is 0 Å². The Hall–Kier alpha value is -0.410. The maximum atomic E-state index is 11.3. The van der Waals surface area contributed by atoms with E-state index in [0.717, 1.165) is 19.4 Å². The van der Waals surface area contributed by atoms with E-state index in [9.17, 15) is 4.79 Å². The highest BCUT2D eigenvalue weighted by Gasteiger charge is 2.11. The summed E-state index contributed by atoms with van der Waals surface area (Å²) in [5.41, 5.74) is 5.80. The number of carbonyl (C=O) groups is 1. The molecule has 0 aliphatic heterocycles. The van der Waals surface area contributed by atoms with Gasteiger partial charge in [0, 0.05) is 18.4 Å². The zero-order chi connectivity index (χ0) is 10.3. The van der Waals surface area contributed by atoms with Crippen LogP contribution in [-0.4, -0.2) is 25.4 Å². The largest absolute Gasteiger partial charge is 0.327 e. The lowest BCUT2D eigenvalue weighted by molar-refractivity contribution is -0.122. The summed E-state index contributed by atoms with van der Waals surface area (Å²) in [6.45, 7) is 4.81. The van der Waals surface area contributed by atoms with E-state index in [0.29, 0.717) is 6.42 Å². The highest BCUT2D eigenvalue weighted by atomic mass is 16.1. The van der Waals surface area contributed by atoms with Gasteiger partial charge < -0.3 is 11.1 Å². The van der Waals surface area contributed by atoms with E-state index >= 15 is 0 Å². The minimum Gasteiger partial charge on any atom is -0.327 e. The Balaban J connectivity index is 3.50. The highest BCUT2D eigenvalue weighted by molar-refractivity contribution is 5.80. The Bertz CT molecular complexity index is 146. The average molecular weight is 186 g/mol. The molecule has 0 aromatic rings. The van der Waals surface area contributed by atoms with Gasteiger partial charge in [-0.3, -0.25) is 4.79 Å². The molecule has 0 bridgehead atoms. The maximum absolute atomic E-state index is 11.3. The smallest absolute Gasteiger partial charge is 0.136 e. The second kappa shape index (κ2) is 7.04. The fourth-order valence-corrected chi connectivity index (χ4v) is 1.14. The topological polar surface area (TPSA) is 55.1 Å². The molecule has 3 nitrogen and oxygen atoms in total. The predicted octanol–water partition coefficient (Wildman–Crippen LogP) is 0.928. The van der Waals surface area contributed by atoms with Crippen molar-refractivity contribution in [2.45, 2.75) is 39.2 Å². The standard InChI is InChI=1S/C10H22N2O/c1-8(2)10(13)7-9(11)5-4-6-12-3/h8-9,12H,4-7,11H2,1-3H3. The van der Waals surface area contributed by atoms with E-state index in [1.54, 1.807) is 0 Å². The molecule has 0 radical (unpaired) electrons. The molecule has 0 spiro atoms. The lowest BCUT2D eigenvalue weighted by Crippen LogP contribution is -2.26. The lowest BCUT2D eigenvalue weighted by atomic mass is 9.99. The van der Waals surface area contributed by atoms with Gasteiger partial charge in [-0.1, -0.05) is 13.8 Å². The van der Waals surface area contributed by atoms with Gasteiger partial charge >= 0.3 is 0 Å². The van der Waals surface area contributed by atoms with Gasteiger partial charge in [-0.15, -0.1) is 0 Å². The number of ketones is 1. The summed E-state index contributed by atoms with van der Waals surface area (Å²) in [6.07, 6.45) is 2.50. The number of hydrogen-bond acceptors (Lipinski definition) is 3. The van der Waals surface area contributed by atoms with E-state index < -0.39 is 0 Å². The zero-order valence-corrected chi connectivity index (χ0v) is 8.97. The van der Waals surface area contributed by atoms with E-state index in [1.165, 1.54) is 0 Å². The first-order valence-corrected chi connectivity index (χ1v) is 5.00. The number of nitrogens with one attached hydrogen (secondary N) is 1. The minimum atomic E-state index is 0.0447. The Morgan fingerprint density at radius 3 is 2.54 bits per heavy atom. The monoisotopic (exact) mass is 186 g/mol. The number of Topliss-reactive ketones (excluding diaryl/α,β-unsaturated/α-hetero) is 1. The molecule has 0 aliphatic rings. The van der Waals surface area contributed by atoms with Crippen LogP contribution in [0, 0.1) is 5.92 Å². The maximum Gasteiger partial charge on any atom is 0.136 e. The van der Waals surface area contributed by atoms with E-state index in [4.69, 9.17) is 5.73 Å². The van der Waals surface area contributed by atoms with Gasteiger partial charge in [-0.05, 0) is 26.4 Å². The van der Waals surface area contributed by atoms with Gasteiger partial charge in [0.25, 0.3) is 0 Å². The van der Waals surface area contributed by atoms with Crippen molar-refractivity contribution in [3.8, 4) is 0 Å². The molecule has 13 heavy (non-hydrogen) atoms. The molecule has 0 aliphatic carbocycles. The van der Waals surface area contributed by atoms with Gasteiger partial charge in [0.15, 0.2) is 0 Å². The van der Waals surface area contributed by atoms with E-state index in [-0.39, 0.29) is 17.7 Å². The molecule has 3 N–H and O–H groups in total. The summed E-state index contributed by atoms with van der Waals surface area (Å²) < 4.78 is 0. The van der Waals surface area contributed by atoms with Crippen molar-refractivity contribution in [1.29, 1.82) is 0 Å². The van der Waals surface area contributed by atoms with E-state index in [1.807, 2.05) is 20.9 Å². The van der Waals surface area contributed by atoms with Crippen LogP contribution in [0.25, 0.3) is 0 Å². The predicted molar refractivity (Wildman–Crippen MR) is 55.6 cm³/mol. The molecule has 1 atom stereocenters. The quantitative estimate of drug-likeness (QED) is 0.581. The van der Waals surface area contributed by atoms with Crippen LogP contribution in [0.1, 0.15) is 33.1 Å². The lowest BCUT2D eigenvalue weighted by Gasteiger charge is -2.11. The number of nitrogens with two attached hydrogens (primary N) is 1. The molecular formula is C10H22N2O. The summed E-state index contributed by atoms with van der Waals surface area (Å²) in [5.74, 6) is 0.396. The molecule has 0 saturated heterocycles. The molecule has 3 heteroatoms. The minimum absolute atomic E-state index is 0.0447. The van der Waals surface area contributed by atoms with Crippen LogP contribution in [0.2, 0.25) is 0 Å². The fraction of sp³-hybridized carbons (Fsp3) is 0.900. The molecular weight excluding hydrogens is 164 g/mol. The first-order valence-electron chi connectivity index (χ1n) is 5.00. The number of rotatable bonds is 7. The van der Waals surface area contributed by atoms with Crippen molar-refractivity contribution < 1.29 is 4.79 Å². The van der Waals surface area contributed by atoms with Crippen molar-refractivity contribution in [3.05, 3.63) is 0 Å². The molecule has 0 rings (SSSR count). The van der Waals surface area contributed by atoms with Crippen molar-refractivity contribution in [3.63, 3.8) is 0 Å². The van der Waals surface area contributed by atoms with Crippen LogP contribution in [-0.2, 0) is 4.79 Å². The Morgan fingerprint density at radius 2 is 2.08 bits per heavy atom. The summed E-state index contributed by atoms with van der Waals surface area (Å²) in [6, 6.07) is 0.0447. The van der Waals surface area contributed by atoms with Crippen molar-refractivity contribution in [2.75, 3.05) is 13.6 Å². The van der Waals surface area contributed by atoms with Crippen LogP contribution in [0.3, 0.4) is 0 Å². The first-order chi connectivity index (χ1) is 6.07. The van der Waals surface area contributed by atoms with Crippen LogP contribution in [0.5, 0.6) is 0 Å². The van der Waals surface area contributed by atoms with Gasteiger partial charge in [-0.25, -0.2) is 0 Å². The van der Waals surface area contributed by atoms with Gasteiger partial charge in [0.2, 0.25) is 0 Å². The summed E-state index contributed by atoms with van der Waals surface area (Å²) >= 11 is 0. The van der Waals surface area contributed by atoms with Gasteiger partial charge in [0.05, 0.1) is 0 Å². The molecule has 0 aromatic carbocycles. The number of hydrogen-bond donors (Lipinski definition) is 2. The third kappa shape index (κ3) is 6.72. The van der Waals surface area contributed by atoms with Crippen LogP contribution >= 0.6 is 0 Å². The molecule has 0 heterocycles. The van der Waals surface area contributed by atoms with Gasteiger partial charge in [-0.2, -0.15) is 0 Å². The second-order valence-electron chi connectivity index (χ2n) is 3.83. The fourth-order valence-electron chi connectivity index (χ4n) is 1.14. The second-order valence-corrected chi connectivity index (χ2v) is 3.83. The van der Waals surface area contributed by atoms with Crippen molar-refractivity contribution in [1.82, 2.24) is 5.32 Å². The van der Waals surface area contributed by atoms with E-state index in [2.05, 4.69) is 5.32 Å². The number of carbonyl (C=O) groups excluding carboxylic acids is 1. The summed E-state index contributed by atoms with van der Waals surface area (Å²) in [7, 11) is 1.92. The van der Waals surface area contributed by atoms with Crippen molar-refractivity contribution >= 4 is 5.78 Å². The molecule has 0 saturated carbocycles. The molecule has 1 unspecified atom stereocenters. The third-order valence-corrected chi connectivity index (χ3v) is 2.11. The zero-order valence-electron chi connectivity index (χ0n) is 8.97. The Kier molecular flexibility index (Phi) is 6.82. The summed E-state index contributed by atoms with van der Waals surface area (Å²) in [5, 5.41) is 3.06. The molecule has 0 fully saturated rings. The molecule has 0 aromatic heterocycles. The van der Waals surface area contributed by atoms with Crippen LogP contribution < -0.4 is 11.1 Å². The molecule has 0 amide bonds. The molecule has 78 valence electrons. The SMILES string of the molecule is CNCCCC(N)CC(=O)C(C)C. The normalized spacial score (nSPS) is 13.3. The highest BCUT2D eigenvalue weighted by Crippen LogP contribution is 2.04. The average Bonchev–Trinajstić information content (AvgIpc) is 2.04. The summed E-state index contributed by atoms with van der Waals surface area (Å²) in [4.78, 5) is 11.3. The van der Waals surface area contributed by atoms with Crippen molar-refractivity contribution in [2.24, 2.45) is 11.7 Å². The van der Waals surface area contributed by atoms with Gasteiger partial charge in [0.1, 0.15) is 5.78 Å².